The Labute approximate surface area is 136 Å². The van der Waals surface area contributed by atoms with Gasteiger partial charge < -0.3 is 15.2 Å². The lowest BCUT2D eigenvalue weighted by molar-refractivity contribution is -0.132. The molecule has 112 valence electrons. The number of carbonyl (C=O) groups is 1. The summed E-state index contributed by atoms with van der Waals surface area (Å²) in [6.07, 6.45) is 6.10. The van der Waals surface area contributed by atoms with E-state index < -0.39 is 0 Å². The predicted octanol–water partition coefficient (Wildman–Crippen LogP) is 2.19. The summed E-state index contributed by atoms with van der Waals surface area (Å²) in [6, 6.07) is 0.367. The summed E-state index contributed by atoms with van der Waals surface area (Å²) in [5.74, 6) is 0.772. The van der Waals surface area contributed by atoms with E-state index in [-0.39, 0.29) is 5.91 Å². The summed E-state index contributed by atoms with van der Waals surface area (Å²) in [4.78, 5) is 22.2. The number of carbonyl (C=O) groups excluding carboxylic acids is 1. The van der Waals surface area contributed by atoms with Gasteiger partial charge in [0.2, 0.25) is 5.91 Å². The monoisotopic (exact) mass is 399 g/mol. The number of hydrogen-bond donors (Lipinski definition) is 1. The molecule has 0 spiro atoms. The van der Waals surface area contributed by atoms with Crippen LogP contribution in [0.2, 0.25) is 0 Å². The number of hydrogen-bond acceptors (Lipinski definition) is 4. The second-order valence-electron chi connectivity index (χ2n) is 5.31. The van der Waals surface area contributed by atoms with Crippen molar-refractivity contribution in [1.82, 2.24) is 19.4 Å². The lowest BCUT2D eigenvalue weighted by Gasteiger charge is -2.32. The molecule has 0 atom stereocenters. The highest BCUT2D eigenvalue weighted by molar-refractivity contribution is 14.1. The third-order valence-corrected chi connectivity index (χ3v) is 4.92. The number of halogens is 1. The van der Waals surface area contributed by atoms with Crippen LogP contribution >= 0.6 is 22.6 Å². The molecule has 1 fully saturated rings. The van der Waals surface area contributed by atoms with Crippen LogP contribution in [0, 0.1) is 3.57 Å². The molecule has 6 nitrogen and oxygen atoms in total. The lowest BCUT2D eigenvalue weighted by atomic mass is 10.0. The lowest BCUT2D eigenvalue weighted by Crippen LogP contribution is -2.38. The van der Waals surface area contributed by atoms with E-state index in [9.17, 15) is 4.79 Å². The fraction of sp³-hybridized carbons (Fsp3) is 0.500. The van der Waals surface area contributed by atoms with E-state index in [1.807, 2.05) is 11.8 Å². The number of piperidine rings is 1. The summed E-state index contributed by atoms with van der Waals surface area (Å²) in [5.41, 5.74) is 6.85. The number of nitrogen functional groups attached to an aromatic ring is 1. The largest absolute Gasteiger partial charge is 0.383 e. The second kappa shape index (κ2) is 5.78. The van der Waals surface area contributed by atoms with Gasteiger partial charge >= 0.3 is 0 Å². The number of amides is 1. The Morgan fingerprint density at radius 3 is 2.81 bits per heavy atom. The normalized spacial score (nSPS) is 16.6. The van der Waals surface area contributed by atoms with Gasteiger partial charge in [-0.1, -0.05) is 6.92 Å². The van der Waals surface area contributed by atoms with E-state index in [1.54, 1.807) is 0 Å². The molecule has 0 aliphatic carbocycles. The summed E-state index contributed by atoms with van der Waals surface area (Å²) in [6.45, 7) is 3.54. The van der Waals surface area contributed by atoms with Crippen LogP contribution in [0.25, 0.3) is 11.0 Å². The highest BCUT2D eigenvalue weighted by Gasteiger charge is 2.25. The van der Waals surface area contributed by atoms with Gasteiger partial charge in [0.05, 0.1) is 5.39 Å². The van der Waals surface area contributed by atoms with Crippen LogP contribution in [0.4, 0.5) is 5.82 Å². The number of nitrogens with zero attached hydrogens (tertiary/aromatic N) is 4. The smallest absolute Gasteiger partial charge is 0.222 e. The number of aromatic nitrogens is 3. The highest BCUT2D eigenvalue weighted by atomic mass is 127. The molecule has 0 unspecified atom stereocenters. The maximum Gasteiger partial charge on any atom is 0.222 e. The Hall–Kier alpha value is -1.38. The first-order valence-corrected chi connectivity index (χ1v) is 8.24. The van der Waals surface area contributed by atoms with Crippen molar-refractivity contribution in [2.45, 2.75) is 32.2 Å². The van der Waals surface area contributed by atoms with Crippen LogP contribution < -0.4 is 5.73 Å². The van der Waals surface area contributed by atoms with E-state index >= 15 is 0 Å². The first kappa shape index (κ1) is 14.6. The highest BCUT2D eigenvalue weighted by Crippen LogP contribution is 2.31. The van der Waals surface area contributed by atoms with Crippen LogP contribution in [0.3, 0.4) is 0 Å². The van der Waals surface area contributed by atoms with E-state index in [1.165, 1.54) is 6.33 Å². The molecule has 7 heteroatoms. The average molecular weight is 399 g/mol. The van der Waals surface area contributed by atoms with Gasteiger partial charge in [-0.25, -0.2) is 9.97 Å². The van der Waals surface area contributed by atoms with Gasteiger partial charge in [-0.05, 0) is 35.4 Å². The number of anilines is 1. The summed E-state index contributed by atoms with van der Waals surface area (Å²) in [5, 5.41) is 0.935. The Balaban J connectivity index is 1.86. The van der Waals surface area contributed by atoms with Gasteiger partial charge in [-0.2, -0.15) is 0 Å². The van der Waals surface area contributed by atoms with Crippen molar-refractivity contribution in [3.63, 3.8) is 0 Å². The zero-order valence-electron chi connectivity index (χ0n) is 11.9. The minimum absolute atomic E-state index is 0.243. The summed E-state index contributed by atoms with van der Waals surface area (Å²) in [7, 11) is 0. The topological polar surface area (TPSA) is 77.0 Å². The van der Waals surface area contributed by atoms with E-state index in [0.717, 1.165) is 40.5 Å². The zero-order valence-corrected chi connectivity index (χ0v) is 14.1. The van der Waals surface area contributed by atoms with Crippen LogP contribution in [-0.2, 0) is 4.79 Å². The molecule has 0 radical (unpaired) electrons. The molecule has 2 aromatic rings. The van der Waals surface area contributed by atoms with Crippen molar-refractivity contribution in [3.8, 4) is 0 Å². The third kappa shape index (κ3) is 2.58. The van der Waals surface area contributed by atoms with Gasteiger partial charge in [0.25, 0.3) is 0 Å². The fourth-order valence-corrected chi connectivity index (χ4v) is 3.78. The minimum atomic E-state index is 0.243. The van der Waals surface area contributed by atoms with Gasteiger partial charge in [-0.15, -0.1) is 0 Å². The standard InChI is InChI=1S/C14H18IN5O/c1-2-11(21)19-5-3-9(4-6-19)20-7-10(15)12-13(16)17-8-18-14(12)20/h7-9H,2-6H2,1H3,(H2,16,17,18). The molecular formula is C14H18IN5O. The molecule has 1 saturated heterocycles. The van der Waals surface area contributed by atoms with Crippen molar-refractivity contribution in [2.75, 3.05) is 18.8 Å². The summed E-state index contributed by atoms with van der Waals surface area (Å²) < 4.78 is 3.27. The third-order valence-electron chi connectivity index (χ3n) is 4.11. The van der Waals surface area contributed by atoms with E-state index in [0.29, 0.717) is 18.3 Å². The van der Waals surface area contributed by atoms with Crippen molar-refractivity contribution < 1.29 is 4.79 Å². The molecule has 3 rings (SSSR count). The van der Waals surface area contributed by atoms with Gasteiger partial charge in [0.15, 0.2) is 0 Å². The van der Waals surface area contributed by atoms with Crippen molar-refractivity contribution in [3.05, 3.63) is 16.1 Å². The van der Waals surface area contributed by atoms with Crippen LogP contribution in [-0.4, -0.2) is 38.4 Å². The van der Waals surface area contributed by atoms with Gasteiger partial charge in [0, 0.05) is 35.3 Å². The Morgan fingerprint density at radius 2 is 2.14 bits per heavy atom. The first-order valence-electron chi connectivity index (χ1n) is 7.16. The SMILES string of the molecule is CCC(=O)N1CCC(n2cc(I)c3c(N)ncnc32)CC1. The zero-order chi connectivity index (χ0) is 15.0. The minimum Gasteiger partial charge on any atom is -0.383 e. The molecule has 0 aromatic carbocycles. The maximum atomic E-state index is 11.8. The summed E-state index contributed by atoms with van der Waals surface area (Å²) >= 11 is 2.28. The molecule has 0 saturated carbocycles. The van der Waals surface area contributed by atoms with Gasteiger partial charge in [0.1, 0.15) is 17.8 Å². The Morgan fingerprint density at radius 1 is 1.43 bits per heavy atom. The van der Waals surface area contributed by atoms with Crippen molar-refractivity contribution >= 4 is 45.3 Å². The predicted molar refractivity (Wildman–Crippen MR) is 89.8 cm³/mol. The first-order chi connectivity index (χ1) is 10.1. The second-order valence-corrected chi connectivity index (χ2v) is 6.47. The molecule has 1 aliphatic rings. The maximum absolute atomic E-state index is 11.8. The Bertz CT molecular complexity index is 675. The van der Waals surface area contributed by atoms with Gasteiger partial charge in [-0.3, -0.25) is 4.79 Å². The Kier molecular flexibility index (Phi) is 4.01. The number of rotatable bonds is 2. The molecule has 0 bridgehead atoms. The molecule has 1 aliphatic heterocycles. The molecule has 3 heterocycles. The van der Waals surface area contributed by atoms with Crippen LogP contribution in [0.15, 0.2) is 12.5 Å². The molecule has 1 amide bonds. The van der Waals surface area contributed by atoms with Crippen molar-refractivity contribution in [1.29, 1.82) is 0 Å². The number of likely N-dealkylation sites (tertiary alicyclic amines) is 1. The fourth-order valence-electron chi connectivity index (χ4n) is 2.96. The van der Waals surface area contributed by atoms with E-state index in [4.69, 9.17) is 5.73 Å². The van der Waals surface area contributed by atoms with E-state index in [2.05, 4.69) is 43.3 Å². The average Bonchev–Trinajstić information content (AvgIpc) is 2.85. The molecular weight excluding hydrogens is 381 g/mol. The quantitative estimate of drug-likeness (QED) is 0.786. The van der Waals surface area contributed by atoms with Crippen molar-refractivity contribution in [2.24, 2.45) is 0 Å². The van der Waals surface area contributed by atoms with Crippen LogP contribution in [0.1, 0.15) is 32.2 Å². The van der Waals surface area contributed by atoms with Crippen LogP contribution in [0.5, 0.6) is 0 Å². The molecule has 2 aromatic heterocycles. The molecule has 21 heavy (non-hydrogen) atoms. The number of nitrogens with two attached hydrogens (primary N) is 1. The number of fused-ring (bicyclic) bond motifs is 1. The molecule has 2 N–H and O–H groups in total.